The van der Waals surface area contributed by atoms with Crippen LogP contribution in [-0.2, 0) is 9.59 Å². The fraction of sp³-hybridized carbons (Fsp3) is 0.100. The van der Waals surface area contributed by atoms with E-state index in [1.807, 2.05) is 0 Å². The maximum atomic E-state index is 11.4. The Kier molecular flexibility index (Phi) is 2.21. The molecule has 0 unspecified atom stereocenters. The van der Waals surface area contributed by atoms with Crippen molar-refractivity contribution in [1.29, 1.82) is 0 Å². The van der Waals surface area contributed by atoms with E-state index >= 15 is 0 Å². The molecule has 76 valence electrons. The second-order valence-corrected chi connectivity index (χ2v) is 3.05. The van der Waals surface area contributed by atoms with Gasteiger partial charge in [0.05, 0.1) is 23.8 Å². The summed E-state index contributed by atoms with van der Waals surface area (Å²) in [6.07, 6.45) is -0.211. The molecule has 5 heteroatoms. The first-order chi connectivity index (χ1) is 7.18. The van der Waals surface area contributed by atoms with Crippen LogP contribution in [0.3, 0.4) is 0 Å². The van der Waals surface area contributed by atoms with Gasteiger partial charge < -0.3 is 9.90 Å². The Bertz CT molecular complexity index is 439. The van der Waals surface area contributed by atoms with Crippen LogP contribution in [0, 0.1) is 0 Å². The maximum absolute atomic E-state index is 11.4. The van der Waals surface area contributed by atoms with Gasteiger partial charge in [0.1, 0.15) is 0 Å². The number of nitrogens with zero attached hydrogens (tertiary/aromatic N) is 2. The minimum atomic E-state index is -1.40. The number of hydrogen-bond acceptors (Lipinski definition) is 4. The number of amides is 1. The Labute approximate surface area is 85.6 Å². The predicted octanol–water partition coefficient (Wildman–Crippen LogP) is -0.471. The molecule has 0 saturated heterocycles. The van der Waals surface area contributed by atoms with E-state index in [1.54, 1.807) is 30.3 Å². The first-order valence-corrected chi connectivity index (χ1v) is 4.35. The SMILES string of the molecule is O=C([O-])C1=NN(c2ccccc2)C(=O)C1. The second-order valence-electron chi connectivity index (χ2n) is 3.05. The summed E-state index contributed by atoms with van der Waals surface area (Å²) in [6, 6.07) is 8.65. The van der Waals surface area contributed by atoms with Crippen molar-refractivity contribution in [3.05, 3.63) is 30.3 Å². The number of carbonyl (C=O) groups excluding carboxylic acids is 2. The van der Waals surface area contributed by atoms with Gasteiger partial charge in [-0.1, -0.05) is 18.2 Å². The van der Waals surface area contributed by atoms with Crippen molar-refractivity contribution in [3.8, 4) is 0 Å². The average Bonchev–Trinajstić information content (AvgIpc) is 2.62. The lowest BCUT2D eigenvalue weighted by molar-refractivity contribution is -0.294. The van der Waals surface area contributed by atoms with Gasteiger partial charge in [-0.2, -0.15) is 5.10 Å². The van der Waals surface area contributed by atoms with Gasteiger partial charge >= 0.3 is 0 Å². The van der Waals surface area contributed by atoms with Gasteiger partial charge in [-0.05, 0) is 12.1 Å². The quantitative estimate of drug-likeness (QED) is 0.652. The largest absolute Gasteiger partial charge is 0.543 e. The number of para-hydroxylation sites is 1. The van der Waals surface area contributed by atoms with E-state index in [2.05, 4.69) is 5.10 Å². The van der Waals surface area contributed by atoms with Crippen molar-refractivity contribution >= 4 is 23.3 Å². The molecular weight excluding hydrogens is 196 g/mol. The van der Waals surface area contributed by atoms with E-state index in [0.717, 1.165) is 5.01 Å². The molecule has 1 amide bonds. The van der Waals surface area contributed by atoms with Crippen LogP contribution in [0.25, 0.3) is 0 Å². The second kappa shape index (κ2) is 3.53. The summed E-state index contributed by atoms with van der Waals surface area (Å²) in [5.41, 5.74) is 0.322. The van der Waals surface area contributed by atoms with Crippen LogP contribution in [0.2, 0.25) is 0 Å². The highest BCUT2D eigenvalue weighted by Crippen LogP contribution is 2.19. The van der Waals surface area contributed by atoms with Crippen molar-refractivity contribution in [2.24, 2.45) is 5.10 Å². The van der Waals surface area contributed by atoms with Crippen LogP contribution in [0.4, 0.5) is 5.69 Å². The lowest BCUT2D eigenvalue weighted by atomic mass is 10.2. The number of carboxylic acid groups (broad SMARTS) is 1. The Morgan fingerprint density at radius 1 is 1.33 bits per heavy atom. The van der Waals surface area contributed by atoms with Gasteiger partial charge in [-0.3, -0.25) is 4.79 Å². The monoisotopic (exact) mass is 203 g/mol. The Hall–Kier alpha value is -2.17. The molecule has 1 aromatic carbocycles. The maximum Gasteiger partial charge on any atom is 0.253 e. The molecule has 0 aromatic heterocycles. The van der Waals surface area contributed by atoms with Gasteiger partial charge in [0, 0.05) is 0 Å². The van der Waals surface area contributed by atoms with Crippen LogP contribution >= 0.6 is 0 Å². The number of carbonyl (C=O) groups is 2. The van der Waals surface area contributed by atoms with Crippen LogP contribution in [0.1, 0.15) is 6.42 Å². The van der Waals surface area contributed by atoms with Gasteiger partial charge in [-0.15, -0.1) is 0 Å². The third-order valence-electron chi connectivity index (χ3n) is 2.01. The molecule has 1 aromatic rings. The molecule has 0 bridgehead atoms. The standard InChI is InChI=1S/C10H8N2O3/c13-9-6-8(10(14)15)11-12(9)7-4-2-1-3-5-7/h1-5H,6H2,(H,14,15)/p-1. The zero-order valence-electron chi connectivity index (χ0n) is 7.71. The Morgan fingerprint density at radius 2 is 2.00 bits per heavy atom. The highest BCUT2D eigenvalue weighted by atomic mass is 16.4. The van der Waals surface area contributed by atoms with E-state index in [-0.39, 0.29) is 18.0 Å². The highest BCUT2D eigenvalue weighted by molar-refractivity contribution is 6.41. The molecule has 0 saturated carbocycles. The number of aliphatic carboxylic acids is 1. The highest BCUT2D eigenvalue weighted by Gasteiger charge is 2.25. The molecule has 0 atom stereocenters. The Balaban J connectivity index is 2.32. The summed E-state index contributed by atoms with van der Waals surface area (Å²) in [6.45, 7) is 0. The molecule has 0 spiro atoms. The lowest BCUT2D eigenvalue weighted by Crippen LogP contribution is -2.30. The first-order valence-electron chi connectivity index (χ1n) is 4.35. The van der Waals surface area contributed by atoms with Crippen molar-refractivity contribution in [2.75, 3.05) is 5.01 Å². The fourth-order valence-corrected chi connectivity index (χ4v) is 1.31. The third-order valence-corrected chi connectivity index (χ3v) is 2.01. The minimum Gasteiger partial charge on any atom is -0.543 e. The Morgan fingerprint density at radius 3 is 2.53 bits per heavy atom. The van der Waals surface area contributed by atoms with Crippen LogP contribution in [0.5, 0.6) is 0 Å². The van der Waals surface area contributed by atoms with Gasteiger partial charge in [0.25, 0.3) is 5.91 Å². The number of hydrogen-bond donors (Lipinski definition) is 0. The molecule has 1 aliphatic heterocycles. The number of anilines is 1. The van der Waals surface area contributed by atoms with E-state index in [1.165, 1.54) is 0 Å². The van der Waals surface area contributed by atoms with Crippen LogP contribution in [0.15, 0.2) is 35.4 Å². The van der Waals surface area contributed by atoms with Gasteiger partial charge in [0.2, 0.25) is 0 Å². The van der Waals surface area contributed by atoms with Crippen LogP contribution in [-0.4, -0.2) is 17.6 Å². The molecule has 0 N–H and O–H groups in total. The summed E-state index contributed by atoms with van der Waals surface area (Å²) in [7, 11) is 0. The third kappa shape index (κ3) is 1.71. The fourth-order valence-electron chi connectivity index (χ4n) is 1.31. The summed E-state index contributed by atoms with van der Waals surface area (Å²) in [5.74, 6) is -1.76. The normalized spacial score (nSPS) is 15.3. The van der Waals surface area contributed by atoms with E-state index in [4.69, 9.17) is 0 Å². The molecule has 0 fully saturated rings. The molecule has 1 aliphatic rings. The van der Waals surface area contributed by atoms with Crippen molar-refractivity contribution in [2.45, 2.75) is 6.42 Å². The average molecular weight is 203 g/mol. The topological polar surface area (TPSA) is 72.8 Å². The van der Waals surface area contributed by atoms with Crippen molar-refractivity contribution in [1.82, 2.24) is 0 Å². The molecule has 0 aliphatic carbocycles. The minimum absolute atomic E-state index is 0.211. The van der Waals surface area contributed by atoms with Crippen molar-refractivity contribution < 1.29 is 14.7 Å². The zero-order chi connectivity index (χ0) is 10.8. The summed E-state index contributed by atoms with van der Waals surface area (Å²) >= 11 is 0. The predicted molar refractivity (Wildman–Crippen MR) is 51.0 cm³/mol. The molecule has 2 rings (SSSR count). The summed E-state index contributed by atoms with van der Waals surface area (Å²) in [4.78, 5) is 21.9. The molecule has 0 radical (unpaired) electrons. The summed E-state index contributed by atoms with van der Waals surface area (Å²) in [5, 5.41) is 15.3. The van der Waals surface area contributed by atoms with Crippen LogP contribution < -0.4 is 10.1 Å². The number of hydrazone groups is 1. The van der Waals surface area contributed by atoms with E-state index < -0.39 is 5.97 Å². The first kappa shape index (κ1) is 9.39. The van der Waals surface area contributed by atoms with Crippen molar-refractivity contribution in [3.63, 3.8) is 0 Å². The molecule has 15 heavy (non-hydrogen) atoms. The number of benzene rings is 1. The lowest BCUT2D eigenvalue weighted by Gasteiger charge is -2.10. The molecule has 1 heterocycles. The van der Waals surface area contributed by atoms with Gasteiger partial charge in [0.15, 0.2) is 0 Å². The summed E-state index contributed by atoms with van der Waals surface area (Å²) < 4.78 is 0. The zero-order valence-corrected chi connectivity index (χ0v) is 7.71. The smallest absolute Gasteiger partial charge is 0.253 e. The number of carboxylic acids is 1. The van der Waals surface area contributed by atoms with Gasteiger partial charge in [-0.25, -0.2) is 5.01 Å². The van der Waals surface area contributed by atoms with E-state index in [9.17, 15) is 14.7 Å². The molecule has 5 nitrogen and oxygen atoms in total. The molecular formula is C10H7N2O3-. The van der Waals surface area contributed by atoms with E-state index in [0.29, 0.717) is 5.69 Å². The number of rotatable bonds is 2.